The monoisotopic (exact) mass is 382 g/mol. The lowest BCUT2D eigenvalue weighted by Gasteiger charge is -2.24. The van der Waals surface area contributed by atoms with Gasteiger partial charge in [-0.2, -0.15) is 0 Å². The van der Waals surface area contributed by atoms with Crippen LogP contribution in [-0.4, -0.2) is 46.3 Å². The van der Waals surface area contributed by atoms with Crippen molar-refractivity contribution in [3.8, 4) is 0 Å². The maximum absolute atomic E-state index is 5.43. The molecule has 0 aromatic heterocycles. The Morgan fingerprint density at radius 3 is 1.95 bits per heavy atom. The lowest BCUT2D eigenvalue weighted by Crippen LogP contribution is -2.16. The first kappa shape index (κ1) is 22.3. The quantitative estimate of drug-likeness (QED) is 0.224. The van der Waals surface area contributed by atoms with Crippen LogP contribution in [0.15, 0.2) is 0 Å². The number of ether oxygens (including phenoxy) is 4. The van der Waals surface area contributed by atoms with Crippen molar-refractivity contribution >= 4 is 15.9 Å². The fourth-order valence-electron chi connectivity index (χ4n) is 2.69. The summed E-state index contributed by atoms with van der Waals surface area (Å²) in [7, 11) is 3.32. The molecular weight excluding hydrogens is 348 g/mol. The van der Waals surface area contributed by atoms with Crippen LogP contribution in [0.3, 0.4) is 0 Å². The van der Waals surface area contributed by atoms with Crippen molar-refractivity contribution in [3.05, 3.63) is 0 Å². The summed E-state index contributed by atoms with van der Waals surface area (Å²) in [6, 6.07) is 0. The van der Waals surface area contributed by atoms with Crippen LogP contribution in [0, 0.1) is 17.8 Å². The molecule has 0 aromatic carbocycles. The second kappa shape index (κ2) is 16.2. The van der Waals surface area contributed by atoms with Crippen molar-refractivity contribution in [2.24, 2.45) is 17.8 Å². The van der Waals surface area contributed by atoms with Gasteiger partial charge in [-0.1, -0.05) is 36.2 Å². The van der Waals surface area contributed by atoms with E-state index in [1.807, 2.05) is 0 Å². The van der Waals surface area contributed by atoms with E-state index < -0.39 is 0 Å². The normalized spacial score (nSPS) is 15.7. The van der Waals surface area contributed by atoms with Crippen LogP contribution >= 0.6 is 15.9 Å². The fourth-order valence-corrected chi connectivity index (χ4v) is 3.22. The van der Waals surface area contributed by atoms with Crippen molar-refractivity contribution in [2.75, 3.05) is 46.3 Å². The van der Waals surface area contributed by atoms with Gasteiger partial charge in [-0.15, -0.1) is 0 Å². The molecule has 3 atom stereocenters. The van der Waals surface area contributed by atoms with Crippen LogP contribution in [0.2, 0.25) is 0 Å². The molecule has 0 fully saturated rings. The molecular formula is C17H35BrO4. The van der Waals surface area contributed by atoms with Crippen LogP contribution < -0.4 is 0 Å². The zero-order valence-electron chi connectivity index (χ0n) is 14.8. The second-order valence-corrected chi connectivity index (χ2v) is 6.73. The minimum atomic E-state index is 0.397. The lowest BCUT2D eigenvalue weighted by atomic mass is 9.85. The average Bonchev–Trinajstić information content (AvgIpc) is 2.53. The molecule has 134 valence electrons. The summed E-state index contributed by atoms with van der Waals surface area (Å²) in [4.78, 5) is 0. The van der Waals surface area contributed by atoms with Crippen LogP contribution in [0.4, 0.5) is 0 Å². The zero-order chi connectivity index (χ0) is 16.6. The third-order valence-electron chi connectivity index (χ3n) is 4.03. The Bertz CT molecular complexity index is 229. The molecule has 0 heterocycles. The Labute approximate surface area is 145 Å². The Balaban J connectivity index is 3.93. The largest absolute Gasteiger partial charge is 0.359 e. The van der Waals surface area contributed by atoms with Crippen molar-refractivity contribution < 1.29 is 18.9 Å². The summed E-state index contributed by atoms with van der Waals surface area (Å²) in [6.45, 7) is 6.96. The maximum atomic E-state index is 5.43. The van der Waals surface area contributed by atoms with Gasteiger partial charge in [-0.3, -0.25) is 0 Å². The van der Waals surface area contributed by atoms with E-state index in [0.29, 0.717) is 19.5 Å². The van der Waals surface area contributed by atoms with E-state index in [0.717, 1.165) is 43.2 Å². The predicted molar refractivity (Wildman–Crippen MR) is 94.4 cm³/mol. The molecule has 3 unspecified atom stereocenters. The summed E-state index contributed by atoms with van der Waals surface area (Å²) < 4.78 is 20.6. The van der Waals surface area contributed by atoms with Crippen molar-refractivity contribution in [2.45, 2.75) is 46.0 Å². The summed E-state index contributed by atoms with van der Waals surface area (Å²) in [5.74, 6) is 2.14. The molecule has 0 saturated heterocycles. The number of rotatable bonds is 16. The Morgan fingerprint density at radius 1 is 0.864 bits per heavy atom. The molecule has 5 heteroatoms. The molecule has 0 rings (SSSR count). The van der Waals surface area contributed by atoms with E-state index >= 15 is 0 Å². The van der Waals surface area contributed by atoms with Gasteiger partial charge in [0.25, 0.3) is 0 Å². The van der Waals surface area contributed by atoms with E-state index in [1.54, 1.807) is 14.2 Å². The summed E-state index contributed by atoms with van der Waals surface area (Å²) in [5, 5.41) is 1.08. The predicted octanol–water partition coefficient (Wildman–Crippen LogP) is 4.46. The highest BCUT2D eigenvalue weighted by Gasteiger charge is 2.17. The molecule has 0 bridgehead atoms. The number of alkyl halides is 1. The molecule has 0 aliphatic rings. The molecule has 4 nitrogen and oxygen atoms in total. The number of hydrogen-bond acceptors (Lipinski definition) is 4. The van der Waals surface area contributed by atoms with Gasteiger partial charge in [-0.25, -0.2) is 0 Å². The van der Waals surface area contributed by atoms with Gasteiger partial charge in [0.15, 0.2) is 0 Å². The minimum absolute atomic E-state index is 0.397. The maximum Gasteiger partial charge on any atom is 0.146 e. The number of hydrogen-bond donors (Lipinski definition) is 0. The summed E-state index contributed by atoms with van der Waals surface area (Å²) >= 11 is 3.69. The Morgan fingerprint density at radius 2 is 1.45 bits per heavy atom. The van der Waals surface area contributed by atoms with Gasteiger partial charge in [0, 0.05) is 32.8 Å². The van der Waals surface area contributed by atoms with E-state index in [1.165, 1.54) is 19.3 Å². The van der Waals surface area contributed by atoms with Gasteiger partial charge in [0.2, 0.25) is 0 Å². The molecule has 0 N–H and O–H groups in total. The van der Waals surface area contributed by atoms with Crippen LogP contribution in [-0.2, 0) is 18.9 Å². The molecule has 0 radical (unpaired) electrons. The average molecular weight is 383 g/mol. The summed E-state index contributed by atoms with van der Waals surface area (Å²) in [6.07, 6.45) is 5.94. The second-order valence-electron chi connectivity index (χ2n) is 6.08. The zero-order valence-corrected chi connectivity index (χ0v) is 16.4. The van der Waals surface area contributed by atoms with Crippen LogP contribution in [0.1, 0.15) is 46.0 Å². The first-order valence-electron chi connectivity index (χ1n) is 8.37. The molecule has 0 aliphatic heterocycles. The number of halogens is 1. The van der Waals surface area contributed by atoms with Crippen molar-refractivity contribution in [3.63, 3.8) is 0 Å². The highest BCUT2D eigenvalue weighted by atomic mass is 79.9. The third kappa shape index (κ3) is 12.8. The van der Waals surface area contributed by atoms with Crippen LogP contribution in [0.5, 0.6) is 0 Å². The summed E-state index contributed by atoms with van der Waals surface area (Å²) in [5.41, 5.74) is 0. The van der Waals surface area contributed by atoms with Gasteiger partial charge >= 0.3 is 0 Å². The van der Waals surface area contributed by atoms with Gasteiger partial charge in [0.05, 0.1) is 0 Å². The SMILES string of the molecule is CCC(CCOCOC)CC(CBr)CC(C)CCOCOC. The van der Waals surface area contributed by atoms with E-state index in [4.69, 9.17) is 18.9 Å². The van der Waals surface area contributed by atoms with Crippen molar-refractivity contribution in [1.29, 1.82) is 0 Å². The topological polar surface area (TPSA) is 36.9 Å². The highest BCUT2D eigenvalue weighted by Crippen LogP contribution is 2.27. The minimum Gasteiger partial charge on any atom is -0.359 e. The Kier molecular flexibility index (Phi) is 16.4. The van der Waals surface area contributed by atoms with Crippen molar-refractivity contribution in [1.82, 2.24) is 0 Å². The molecule has 22 heavy (non-hydrogen) atoms. The Hall–Kier alpha value is 0.320. The molecule has 0 aromatic rings. The van der Waals surface area contributed by atoms with Crippen LogP contribution in [0.25, 0.3) is 0 Å². The smallest absolute Gasteiger partial charge is 0.146 e. The molecule has 0 aliphatic carbocycles. The van der Waals surface area contributed by atoms with E-state index in [9.17, 15) is 0 Å². The lowest BCUT2D eigenvalue weighted by molar-refractivity contribution is -0.0358. The number of methoxy groups -OCH3 is 2. The molecule has 0 saturated carbocycles. The first-order chi connectivity index (χ1) is 10.7. The third-order valence-corrected chi connectivity index (χ3v) is 4.94. The van der Waals surface area contributed by atoms with Gasteiger partial charge in [0.1, 0.15) is 13.6 Å². The van der Waals surface area contributed by atoms with E-state index in [-0.39, 0.29) is 0 Å². The molecule has 0 amide bonds. The van der Waals surface area contributed by atoms with Gasteiger partial charge in [-0.05, 0) is 43.4 Å². The van der Waals surface area contributed by atoms with Gasteiger partial charge < -0.3 is 18.9 Å². The standard InChI is InChI=1S/C17H35BrO4/c1-5-16(7-9-22-14-20-4)11-17(12-18)10-15(2)6-8-21-13-19-3/h15-17H,5-14H2,1-4H3. The van der Waals surface area contributed by atoms with E-state index in [2.05, 4.69) is 29.8 Å². The molecule has 0 spiro atoms. The fraction of sp³-hybridized carbons (Fsp3) is 1.00. The highest BCUT2D eigenvalue weighted by molar-refractivity contribution is 9.09. The first-order valence-corrected chi connectivity index (χ1v) is 9.49.